The lowest BCUT2D eigenvalue weighted by molar-refractivity contribution is 0.448. The normalized spacial score (nSPS) is 10.9. The minimum absolute atomic E-state index is 0.174. The van der Waals surface area contributed by atoms with E-state index in [0.717, 1.165) is 44.9 Å². The van der Waals surface area contributed by atoms with Crippen LogP contribution in [0, 0.1) is 41.5 Å². The molecule has 4 aromatic carbocycles. The third kappa shape index (κ3) is 4.62. The number of phenols is 3. The SMILES string of the molecule is Cc1cc(O)c(C)c(Oc2ccccc2N(c2cc(O)c(C)cc2C)c2cc(O)c(C)cc2C)c1. The Hall–Kier alpha value is -4.12. The average Bonchev–Trinajstić information content (AvgIpc) is 2.79. The Morgan fingerprint density at radius 3 is 1.66 bits per heavy atom. The summed E-state index contributed by atoms with van der Waals surface area (Å²) in [5.41, 5.74) is 7.26. The summed E-state index contributed by atoms with van der Waals surface area (Å²) in [4.78, 5) is 1.99. The van der Waals surface area contributed by atoms with E-state index in [1.807, 2.05) is 88.9 Å². The molecule has 0 saturated carbocycles. The quantitative estimate of drug-likeness (QED) is 0.277. The third-order valence-corrected chi connectivity index (χ3v) is 6.31. The van der Waals surface area contributed by atoms with E-state index in [9.17, 15) is 15.3 Å². The summed E-state index contributed by atoms with van der Waals surface area (Å²) >= 11 is 0. The first-order valence-corrected chi connectivity index (χ1v) is 11.5. The summed E-state index contributed by atoms with van der Waals surface area (Å²) in [5, 5.41) is 31.5. The van der Waals surface area contributed by atoms with Crippen LogP contribution in [0.4, 0.5) is 17.1 Å². The van der Waals surface area contributed by atoms with Gasteiger partial charge in [-0.15, -0.1) is 0 Å². The van der Waals surface area contributed by atoms with Crippen molar-refractivity contribution in [1.29, 1.82) is 0 Å². The Bertz CT molecular complexity index is 1370. The zero-order chi connectivity index (χ0) is 25.4. The van der Waals surface area contributed by atoms with Gasteiger partial charge in [0.05, 0.1) is 17.1 Å². The molecule has 35 heavy (non-hydrogen) atoms. The van der Waals surface area contributed by atoms with Crippen LogP contribution in [0.2, 0.25) is 0 Å². The molecule has 0 radical (unpaired) electrons. The minimum atomic E-state index is 0.174. The van der Waals surface area contributed by atoms with E-state index in [1.54, 1.807) is 18.2 Å². The van der Waals surface area contributed by atoms with Gasteiger partial charge in [-0.1, -0.05) is 24.3 Å². The molecule has 0 amide bonds. The van der Waals surface area contributed by atoms with Crippen LogP contribution >= 0.6 is 0 Å². The lowest BCUT2D eigenvalue weighted by Crippen LogP contribution is -2.14. The molecule has 0 saturated heterocycles. The number of aryl methyl sites for hydroxylation is 5. The first-order chi connectivity index (χ1) is 16.6. The Kier molecular flexibility index (Phi) is 6.35. The van der Waals surface area contributed by atoms with Gasteiger partial charge in [0.25, 0.3) is 0 Å². The number of anilines is 3. The number of phenolic OH excluding ortho intramolecular Hbond substituents is 3. The van der Waals surface area contributed by atoms with Gasteiger partial charge >= 0.3 is 0 Å². The van der Waals surface area contributed by atoms with E-state index in [1.165, 1.54) is 0 Å². The van der Waals surface area contributed by atoms with Crippen molar-refractivity contribution in [2.75, 3.05) is 4.90 Å². The summed E-state index contributed by atoms with van der Waals surface area (Å²) in [6.45, 7) is 11.4. The van der Waals surface area contributed by atoms with E-state index < -0.39 is 0 Å². The van der Waals surface area contributed by atoms with Crippen molar-refractivity contribution in [3.63, 3.8) is 0 Å². The number of ether oxygens (including phenoxy) is 1. The fourth-order valence-corrected chi connectivity index (χ4v) is 4.29. The molecular weight excluding hydrogens is 438 g/mol. The Morgan fingerprint density at radius 1 is 0.543 bits per heavy atom. The van der Waals surface area contributed by atoms with Gasteiger partial charge in [0, 0.05) is 17.7 Å². The zero-order valence-corrected chi connectivity index (χ0v) is 21.0. The highest BCUT2D eigenvalue weighted by Gasteiger charge is 2.23. The molecule has 5 nitrogen and oxygen atoms in total. The average molecular weight is 470 g/mol. The van der Waals surface area contributed by atoms with E-state index in [0.29, 0.717) is 17.1 Å². The molecule has 180 valence electrons. The topological polar surface area (TPSA) is 73.2 Å². The second-order valence-electron chi connectivity index (χ2n) is 9.16. The number of hydrogen-bond donors (Lipinski definition) is 3. The van der Waals surface area contributed by atoms with Gasteiger partial charge in [0.2, 0.25) is 0 Å². The molecule has 0 bridgehead atoms. The third-order valence-electron chi connectivity index (χ3n) is 6.31. The van der Waals surface area contributed by atoms with E-state index in [-0.39, 0.29) is 17.2 Å². The van der Waals surface area contributed by atoms with Gasteiger partial charge in [-0.25, -0.2) is 0 Å². The van der Waals surface area contributed by atoms with Crippen LogP contribution in [0.15, 0.2) is 60.7 Å². The first kappa shape index (κ1) is 24.0. The van der Waals surface area contributed by atoms with Gasteiger partial charge in [-0.2, -0.15) is 0 Å². The van der Waals surface area contributed by atoms with Crippen molar-refractivity contribution in [1.82, 2.24) is 0 Å². The number of para-hydroxylation sites is 2. The molecule has 0 atom stereocenters. The molecule has 0 fully saturated rings. The number of rotatable bonds is 5. The Morgan fingerprint density at radius 2 is 1.09 bits per heavy atom. The van der Waals surface area contributed by atoms with E-state index in [4.69, 9.17) is 4.74 Å². The Balaban J connectivity index is 1.98. The fourth-order valence-electron chi connectivity index (χ4n) is 4.29. The van der Waals surface area contributed by atoms with Gasteiger partial charge < -0.3 is 25.0 Å². The van der Waals surface area contributed by atoms with Crippen LogP contribution in [-0.2, 0) is 0 Å². The standard InChI is InChI=1S/C30H31NO4/c1-17-11-28(34)22(6)30(12-17)35-29-10-8-7-9-23(29)31(24-15-26(32)20(4)13-18(24)2)25-16-27(33)21(5)14-19(25)3/h7-16,32-34H,1-6H3. The minimum Gasteiger partial charge on any atom is -0.508 e. The molecule has 0 aliphatic rings. The summed E-state index contributed by atoms with van der Waals surface area (Å²) in [6.07, 6.45) is 0. The molecule has 4 rings (SSSR count). The molecule has 0 aromatic heterocycles. The zero-order valence-electron chi connectivity index (χ0n) is 21.0. The molecule has 3 N–H and O–H groups in total. The van der Waals surface area contributed by atoms with Crippen LogP contribution < -0.4 is 9.64 Å². The van der Waals surface area contributed by atoms with Crippen molar-refractivity contribution < 1.29 is 20.1 Å². The smallest absolute Gasteiger partial charge is 0.151 e. The second kappa shape index (κ2) is 9.26. The van der Waals surface area contributed by atoms with Crippen LogP contribution in [0.3, 0.4) is 0 Å². The number of nitrogens with zero attached hydrogens (tertiary/aromatic N) is 1. The first-order valence-electron chi connectivity index (χ1n) is 11.5. The van der Waals surface area contributed by atoms with Crippen molar-refractivity contribution in [2.45, 2.75) is 41.5 Å². The summed E-state index contributed by atoms with van der Waals surface area (Å²) in [7, 11) is 0. The fraction of sp³-hybridized carbons (Fsp3) is 0.200. The van der Waals surface area contributed by atoms with E-state index >= 15 is 0 Å². The molecular formula is C30H31NO4. The Labute approximate surface area is 206 Å². The van der Waals surface area contributed by atoms with Gasteiger partial charge in [-0.3, -0.25) is 0 Å². The molecule has 0 aliphatic heterocycles. The number of aromatic hydroxyl groups is 3. The van der Waals surface area contributed by atoms with Crippen molar-refractivity contribution in [3.8, 4) is 28.7 Å². The van der Waals surface area contributed by atoms with Crippen molar-refractivity contribution >= 4 is 17.1 Å². The predicted molar refractivity (Wildman–Crippen MR) is 141 cm³/mol. The highest BCUT2D eigenvalue weighted by molar-refractivity contribution is 5.84. The van der Waals surface area contributed by atoms with Crippen molar-refractivity contribution in [3.05, 3.63) is 94.0 Å². The molecule has 0 unspecified atom stereocenters. The lowest BCUT2D eigenvalue weighted by Gasteiger charge is -2.30. The number of hydrogen-bond acceptors (Lipinski definition) is 5. The maximum Gasteiger partial charge on any atom is 0.151 e. The molecule has 0 aliphatic carbocycles. The lowest BCUT2D eigenvalue weighted by atomic mass is 10.0. The maximum absolute atomic E-state index is 10.6. The van der Waals surface area contributed by atoms with Gasteiger partial charge in [0.1, 0.15) is 23.0 Å². The van der Waals surface area contributed by atoms with Crippen LogP contribution in [0.1, 0.15) is 33.4 Å². The van der Waals surface area contributed by atoms with Gasteiger partial charge in [-0.05, 0) is 93.6 Å². The predicted octanol–water partition coefficient (Wildman–Crippen LogP) is 7.92. The van der Waals surface area contributed by atoms with Crippen LogP contribution in [0.25, 0.3) is 0 Å². The molecule has 0 heterocycles. The van der Waals surface area contributed by atoms with Gasteiger partial charge in [0.15, 0.2) is 5.75 Å². The molecule has 4 aromatic rings. The van der Waals surface area contributed by atoms with Crippen LogP contribution in [-0.4, -0.2) is 15.3 Å². The summed E-state index contributed by atoms with van der Waals surface area (Å²) < 4.78 is 6.39. The highest BCUT2D eigenvalue weighted by Crippen LogP contribution is 2.47. The largest absolute Gasteiger partial charge is 0.508 e. The second-order valence-corrected chi connectivity index (χ2v) is 9.16. The van der Waals surface area contributed by atoms with Crippen molar-refractivity contribution in [2.24, 2.45) is 0 Å². The number of benzene rings is 4. The summed E-state index contributed by atoms with van der Waals surface area (Å²) in [5.74, 6) is 1.67. The monoisotopic (exact) mass is 469 g/mol. The summed E-state index contributed by atoms with van der Waals surface area (Å²) in [6, 6.07) is 18.6. The van der Waals surface area contributed by atoms with E-state index in [2.05, 4.69) is 0 Å². The molecule has 0 spiro atoms. The highest BCUT2D eigenvalue weighted by atomic mass is 16.5. The van der Waals surface area contributed by atoms with Crippen LogP contribution in [0.5, 0.6) is 28.7 Å². The maximum atomic E-state index is 10.6. The molecule has 5 heteroatoms.